The number of halogens is 1. The predicted molar refractivity (Wildman–Crippen MR) is 26.8 cm³/mol. The second kappa shape index (κ2) is 3.68. The van der Waals surface area contributed by atoms with Crippen molar-refractivity contribution in [1.29, 1.82) is 0 Å². The fourth-order valence-corrected chi connectivity index (χ4v) is 0.153. The van der Waals surface area contributed by atoms with Crippen LogP contribution in [0.3, 0.4) is 0 Å². The monoisotopic (exact) mass is 120 g/mol. The van der Waals surface area contributed by atoms with Crippen LogP contribution in [0.4, 0.5) is 0 Å². The molecule has 0 unspecified atom stereocenters. The minimum absolute atomic E-state index is 0.328. The molecule has 0 aromatic rings. The molecule has 0 saturated heterocycles. The number of hydrogen-bond donors (Lipinski definition) is 0. The summed E-state index contributed by atoms with van der Waals surface area (Å²) in [7, 11) is 0. The molecule has 7 heavy (non-hydrogen) atoms. The summed E-state index contributed by atoms with van der Waals surface area (Å²) in [5, 5.41) is 0. The van der Waals surface area contributed by atoms with Crippen LogP contribution in [0.5, 0.6) is 0 Å². The van der Waals surface area contributed by atoms with E-state index < -0.39 is 0 Å². The molecule has 0 aliphatic rings. The van der Waals surface area contributed by atoms with Crippen LogP contribution >= 0.6 is 11.6 Å². The van der Waals surface area contributed by atoms with E-state index in [2.05, 4.69) is 4.74 Å². The van der Waals surface area contributed by atoms with E-state index in [1.54, 1.807) is 6.92 Å². The van der Waals surface area contributed by atoms with Crippen LogP contribution in [0.15, 0.2) is 11.3 Å². The Labute approximate surface area is 46.7 Å². The molecule has 40 valence electrons. The van der Waals surface area contributed by atoms with Gasteiger partial charge in [0, 0.05) is 5.54 Å². The lowest BCUT2D eigenvalue weighted by molar-refractivity contribution is -0.124. The van der Waals surface area contributed by atoms with Gasteiger partial charge >= 0.3 is 0 Å². The molecule has 0 rings (SSSR count). The smallest absolute Gasteiger partial charge is 0.298 e. The maximum Gasteiger partial charge on any atom is 0.298 e. The molecule has 0 spiro atoms. The van der Waals surface area contributed by atoms with Gasteiger partial charge in [-0.2, -0.15) is 0 Å². The highest BCUT2D eigenvalue weighted by molar-refractivity contribution is 6.25. The zero-order valence-corrected chi connectivity index (χ0v) is 4.61. The van der Waals surface area contributed by atoms with Crippen LogP contribution in [0, 0.1) is 0 Å². The quantitative estimate of drug-likeness (QED) is 0.405. The molecule has 0 aliphatic heterocycles. The lowest BCUT2D eigenvalue weighted by atomic mass is 10.7. The van der Waals surface area contributed by atoms with Gasteiger partial charge in [-0.15, -0.1) is 0 Å². The van der Waals surface area contributed by atoms with Crippen molar-refractivity contribution in [3.05, 3.63) is 11.3 Å². The van der Waals surface area contributed by atoms with Crippen molar-refractivity contribution in [3.8, 4) is 0 Å². The van der Waals surface area contributed by atoms with E-state index in [4.69, 9.17) is 11.6 Å². The van der Waals surface area contributed by atoms with Gasteiger partial charge in [0.1, 0.15) is 5.76 Å². The molecule has 0 amide bonds. The van der Waals surface area contributed by atoms with Crippen LogP contribution in [-0.2, 0) is 9.53 Å². The van der Waals surface area contributed by atoms with Gasteiger partial charge in [0.05, 0.1) is 0 Å². The van der Waals surface area contributed by atoms with Crippen LogP contribution in [0.25, 0.3) is 0 Å². The molecule has 0 bridgehead atoms. The number of hydrogen-bond acceptors (Lipinski definition) is 2. The van der Waals surface area contributed by atoms with E-state index in [0.29, 0.717) is 12.2 Å². The number of carbonyl (C=O) groups excluding carboxylic acids is 1. The van der Waals surface area contributed by atoms with Gasteiger partial charge in [0.2, 0.25) is 0 Å². The SMILES string of the molecule is C/C(=C/Cl)OC=O. The zero-order valence-electron chi connectivity index (χ0n) is 3.85. The van der Waals surface area contributed by atoms with Gasteiger partial charge in [-0.1, -0.05) is 11.6 Å². The highest BCUT2D eigenvalue weighted by atomic mass is 35.5. The molecular formula is C4H5ClO2. The first-order valence-electron chi connectivity index (χ1n) is 1.68. The van der Waals surface area contributed by atoms with E-state index in [1.807, 2.05) is 0 Å². The molecule has 0 fully saturated rings. The van der Waals surface area contributed by atoms with Gasteiger partial charge in [-0.25, -0.2) is 0 Å². The van der Waals surface area contributed by atoms with Crippen molar-refractivity contribution in [2.75, 3.05) is 0 Å². The molecule has 0 N–H and O–H groups in total. The molecule has 2 nitrogen and oxygen atoms in total. The van der Waals surface area contributed by atoms with Crippen molar-refractivity contribution >= 4 is 18.1 Å². The Balaban J connectivity index is 3.36. The fourth-order valence-electron chi connectivity index (χ4n) is 0.102. The Bertz CT molecular complexity index is 87.7. The maximum absolute atomic E-state index is 9.45. The van der Waals surface area contributed by atoms with Gasteiger partial charge in [0.15, 0.2) is 0 Å². The summed E-state index contributed by atoms with van der Waals surface area (Å²) in [5.41, 5.74) is 1.19. The summed E-state index contributed by atoms with van der Waals surface area (Å²) >= 11 is 5.08. The largest absolute Gasteiger partial charge is 0.433 e. The third kappa shape index (κ3) is 3.33. The molecule has 0 aromatic heterocycles. The summed E-state index contributed by atoms with van der Waals surface area (Å²) in [6.07, 6.45) is 0. The van der Waals surface area contributed by atoms with E-state index in [0.717, 1.165) is 0 Å². The molecule has 0 heterocycles. The Hall–Kier alpha value is -0.500. The Morgan fingerprint density at radius 1 is 1.86 bits per heavy atom. The van der Waals surface area contributed by atoms with Gasteiger partial charge in [0.25, 0.3) is 6.47 Å². The molecular weight excluding hydrogens is 115 g/mol. The molecule has 0 aliphatic carbocycles. The second-order valence-electron chi connectivity index (χ2n) is 0.934. The lowest BCUT2D eigenvalue weighted by Gasteiger charge is -1.88. The fraction of sp³-hybridized carbons (Fsp3) is 0.250. The van der Waals surface area contributed by atoms with E-state index in [9.17, 15) is 4.79 Å². The minimum Gasteiger partial charge on any atom is -0.433 e. The van der Waals surface area contributed by atoms with Gasteiger partial charge < -0.3 is 4.74 Å². The lowest BCUT2D eigenvalue weighted by Crippen LogP contribution is -1.79. The summed E-state index contributed by atoms with van der Waals surface area (Å²) in [4.78, 5) is 9.45. The zero-order chi connectivity index (χ0) is 5.70. The molecule has 0 saturated carbocycles. The molecule has 0 aromatic carbocycles. The van der Waals surface area contributed by atoms with Crippen molar-refractivity contribution in [2.45, 2.75) is 6.92 Å². The first-order chi connectivity index (χ1) is 3.31. The third-order valence-electron chi connectivity index (χ3n) is 0.388. The van der Waals surface area contributed by atoms with Crippen molar-refractivity contribution in [1.82, 2.24) is 0 Å². The molecule has 0 radical (unpaired) electrons. The highest BCUT2D eigenvalue weighted by Gasteiger charge is 1.79. The van der Waals surface area contributed by atoms with Crippen molar-refractivity contribution < 1.29 is 9.53 Å². The number of ether oxygens (including phenoxy) is 1. The Morgan fingerprint density at radius 3 is 2.57 bits per heavy atom. The average molecular weight is 121 g/mol. The first-order valence-corrected chi connectivity index (χ1v) is 2.12. The van der Waals surface area contributed by atoms with Gasteiger partial charge in [-0.3, -0.25) is 4.79 Å². The van der Waals surface area contributed by atoms with Crippen LogP contribution in [0.1, 0.15) is 6.92 Å². The Kier molecular flexibility index (Phi) is 3.42. The summed E-state index contributed by atoms with van der Waals surface area (Å²) in [5.74, 6) is 0.400. The van der Waals surface area contributed by atoms with Crippen LogP contribution in [-0.4, -0.2) is 6.47 Å². The topological polar surface area (TPSA) is 26.3 Å². The number of rotatable bonds is 2. The maximum atomic E-state index is 9.45. The van der Waals surface area contributed by atoms with Crippen molar-refractivity contribution in [2.24, 2.45) is 0 Å². The number of carbonyl (C=O) groups is 1. The summed E-state index contributed by atoms with van der Waals surface area (Å²) < 4.78 is 4.24. The summed E-state index contributed by atoms with van der Waals surface area (Å²) in [6.45, 7) is 1.91. The number of allylic oxidation sites excluding steroid dienone is 1. The predicted octanol–water partition coefficient (Wildman–Crippen LogP) is 1.26. The average Bonchev–Trinajstić information content (AvgIpc) is 1.68. The summed E-state index contributed by atoms with van der Waals surface area (Å²) in [6, 6.07) is 0. The van der Waals surface area contributed by atoms with Crippen molar-refractivity contribution in [3.63, 3.8) is 0 Å². The minimum atomic E-state index is 0.328. The van der Waals surface area contributed by atoms with E-state index in [-0.39, 0.29) is 0 Å². The van der Waals surface area contributed by atoms with Crippen LogP contribution in [0.2, 0.25) is 0 Å². The first kappa shape index (κ1) is 6.50. The Morgan fingerprint density at radius 2 is 2.43 bits per heavy atom. The molecule has 3 heteroatoms. The normalized spacial score (nSPS) is 10.9. The molecule has 0 atom stereocenters. The second-order valence-corrected chi connectivity index (χ2v) is 1.15. The van der Waals surface area contributed by atoms with Gasteiger partial charge in [-0.05, 0) is 6.92 Å². The van der Waals surface area contributed by atoms with E-state index >= 15 is 0 Å². The highest BCUT2D eigenvalue weighted by Crippen LogP contribution is 1.92. The van der Waals surface area contributed by atoms with E-state index in [1.165, 1.54) is 5.54 Å². The standard InChI is InChI=1S/C4H5ClO2/c1-4(2-5)7-3-6/h2-3H,1H3/b4-2-. The third-order valence-corrected chi connectivity index (χ3v) is 0.695. The van der Waals surface area contributed by atoms with Crippen LogP contribution < -0.4 is 0 Å².